The molecule has 0 spiro atoms. The monoisotopic (exact) mass is 265 g/mol. The highest BCUT2D eigenvalue weighted by atomic mass is 16.5. The van der Waals surface area contributed by atoms with Gasteiger partial charge in [-0.15, -0.1) is 0 Å². The van der Waals surface area contributed by atoms with Crippen LogP contribution in [0.25, 0.3) is 0 Å². The molecule has 6 heteroatoms. The molecule has 104 valence electrons. The van der Waals surface area contributed by atoms with Crippen LogP contribution in [0.15, 0.2) is 12.3 Å². The Hall–Kier alpha value is -1.82. The Morgan fingerprint density at radius 1 is 1.68 bits per heavy atom. The lowest BCUT2D eigenvalue weighted by Crippen LogP contribution is -2.40. The number of aromatic carboxylic acids is 1. The maximum Gasteiger partial charge on any atom is 0.337 e. The van der Waals surface area contributed by atoms with Crippen LogP contribution < -0.4 is 10.6 Å². The van der Waals surface area contributed by atoms with Crippen molar-refractivity contribution in [3.63, 3.8) is 0 Å². The van der Waals surface area contributed by atoms with Crippen molar-refractivity contribution in [2.45, 2.75) is 25.9 Å². The number of nitrogen functional groups attached to an aromatic ring is 1. The fourth-order valence-corrected chi connectivity index (χ4v) is 2.33. The number of anilines is 2. The van der Waals surface area contributed by atoms with E-state index in [2.05, 4.69) is 9.88 Å². The minimum atomic E-state index is -1.03. The summed E-state index contributed by atoms with van der Waals surface area (Å²) >= 11 is 0. The zero-order chi connectivity index (χ0) is 13.8. The molecule has 0 aromatic carbocycles. The predicted octanol–water partition coefficient (Wildman–Crippen LogP) is 1.37. The minimum absolute atomic E-state index is 0.100. The first-order valence-electron chi connectivity index (χ1n) is 6.47. The first-order valence-corrected chi connectivity index (χ1v) is 6.47. The lowest BCUT2D eigenvalue weighted by molar-refractivity contribution is 0.0525. The maximum absolute atomic E-state index is 11.1. The summed E-state index contributed by atoms with van der Waals surface area (Å²) in [5, 5.41) is 9.07. The Kier molecular flexibility index (Phi) is 4.21. The van der Waals surface area contributed by atoms with Gasteiger partial charge >= 0.3 is 5.97 Å². The molecule has 1 fully saturated rings. The van der Waals surface area contributed by atoms with Crippen molar-refractivity contribution in [2.75, 3.05) is 30.3 Å². The number of hydrogen-bond donors (Lipinski definition) is 2. The molecule has 2 rings (SSSR count). The highest BCUT2D eigenvalue weighted by molar-refractivity contribution is 5.94. The smallest absolute Gasteiger partial charge is 0.337 e. The van der Waals surface area contributed by atoms with E-state index in [1.54, 1.807) is 0 Å². The second-order valence-electron chi connectivity index (χ2n) is 4.60. The topological polar surface area (TPSA) is 88.7 Å². The number of pyridine rings is 1. The highest BCUT2D eigenvalue weighted by Gasteiger charge is 2.22. The van der Waals surface area contributed by atoms with Crippen molar-refractivity contribution in [1.82, 2.24) is 4.98 Å². The molecular formula is C13H19N3O3. The number of carboxylic acids is 1. The van der Waals surface area contributed by atoms with Crippen LogP contribution >= 0.6 is 0 Å². The van der Waals surface area contributed by atoms with Crippen molar-refractivity contribution >= 4 is 17.5 Å². The van der Waals surface area contributed by atoms with Gasteiger partial charge in [-0.05, 0) is 25.8 Å². The third kappa shape index (κ3) is 3.14. The van der Waals surface area contributed by atoms with Crippen molar-refractivity contribution in [3.8, 4) is 0 Å². The molecule has 0 bridgehead atoms. The summed E-state index contributed by atoms with van der Waals surface area (Å²) in [5.41, 5.74) is 5.90. The molecule has 1 aliphatic rings. The number of aromatic nitrogens is 1. The summed E-state index contributed by atoms with van der Waals surface area (Å²) < 4.78 is 5.63. The SMILES string of the molecule is CCOC1CCCN(c2cc(C(=O)O)c(N)cn2)C1. The fourth-order valence-electron chi connectivity index (χ4n) is 2.33. The van der Waals surface area contributed by atoms with Gasteiger partial charge < -0.3 is 20.5 Å². The third-order valence-corrected chi connectivity index (χ3v) is 3.26. The number of piperidine rings is 1. The maximum atomic E-state index is 11.1. The Labute approximate surface area is 112 Å². The van der Waals surface area contributed by atoms with Gasteiger partial charge in [0.15, 0.2) is 0 Å². The van der Waals surface area contributed by atoms with Crippen LogP contribution in [0.1, 0.15) is 30.1 Å². The van der Waals surface area contributed by atoms with Crippen LogP contribution in [-0.2, 0) is 4.74 Å². The van der Waals surface area contributed by atoms with Crippen LogP contribution in [0.3, 0.4) is 0 Å². The molecule has 1 aliphatic heterocycles. The van der Waals surface area contributed by atoms with Crippen LogP contribution in [0.5, 0.6) is 0 Å². The van der Waals surface area contributed by atoms with Crippen LogP contribution in [0.2, 0.25) is 0 Å². The number of rotatable bonds is 4. The molecule has 2 heterocycles. The van der Waals surface area contributed by atoms with E-state index in [4.69, 9.17) is 15.6 Å². The van der Waals surface area contributed by atoms with E-state index in [0.717, 1.165) is 25.9 Å². The van der Waals surface area contributed by atoms with Crippen LogP contribution in [0.4, 0.5) is 11.5 Å². The molecule has 0 amide bonds. The molecule has 1 atom stereocenters. The number of nitrogens with zero attached hydrogens (tertiary/aromatic N) is 2. The van der Waals surface area contributed by atoms with E-state index in [1.165, 1.54) is 12.3 Å². The fraction of sp³-hybridized carbons (Fsp3) is 0.538. The second-order valence-corrected chi connectivity index (χ2v) is 4.60. The summed E-state index contributed by atoms with van der Waals surface area (Å²) in [6.07, 6.45) is 3.64. The summed E-state index contributed by atoms with van der Waals surface area (Å²) in [6, 6.07) is 1.53. The second kappa shape index (κ2) is 5.88. The summed E-state index contributed by atoms with van der Waals surface area (Å²) in [5.74, 6) is -0.379. The van der Waals surface area contributed by atoms with Gasteiger partial charge in [0.1, 0.15) is 5.82 Å². The molecular weight excluding hydrogens is 246 g/mol. The molecule has 1 aromatic heterocycles. The molecule has 1 aromatic rings. The Balaban J connectivity index is 2.17. The lowest BCUT2D eigenvalue weighted by Gasteiger charge is -2.33. The van der Waals surface area contributed by atoms with Crippen LogP contribution in [0, 0.1) is 0 Å². The molecule has 6 nitrogen and oxygen atoms in total. The van der Waals surface area contributed by atoms with E-state index < -0.39 is 5.97 Å². The number of carboxylic acid groups (broad SMARTS) is 1. The first-order chi connectivity index (χ1) is 9.11. The van der Waals surface area contributed by atoms with E-state index in [0.29, 0.717) is 12.4 Å². The highest BCUT2D eigenvalue weighted by Crippen LogP contribution is 2.22. The van der Waals surface area contributed by atoms with E-state index in [9.17, 15) is 4.79 Å². The van der Waals surface area contributed by atoms with Gasteiger partial charge in [0.2, 0.25) is 0 Å². The quantitative estimate of drug-likeness (QED) is 0.854. The van der Waals surface area contributed by atoms with Crippen molar-refractivity contribution in [3.05, 3.63) is 17.8 Å². The van der Waals surface area contributed by atoms with E-state index >= 15 is 0 Å². The summed E-state index contributed by atoms with van der Waals surface area (Å²) in [6.45, 7) is 4.26. The normalized spacial score (nSPS) is 19.4. The average Bonchev–Trinajstić information content (AvgIpc) is 2.39. The minimum Gasteiger partial charge on any atom is -0.478 e. The standard InChI is InChI=1S/C13H19N3O3/c1-2-19-9-4-3-5-16(8-9)12-6-10(13(17)18)11(14)7-15-12/h6-7,9H,2-5,8,14H2,1H3,(H,17,18). The molecule has 0 radical (unpaired) electrons. The average molecular weight is 265 g/mol. The Morgan fingerprint density at radius 3 is 3.16 bits per heavy atom. The zero-order valence-electron chi connectivity index (χ0n) is 11.0. The number of nitrogens with two attached hydrogens (primary N) is 1. The van der Waals surface area contributed by atoms with E-state index in [1.807, 2.05) is 6.92 Å². The zero-order valence-corrected chi connectivity index (χ0v) is 11.0. The molecule has 3 N–H and O–H groups in total. The molecule has 0 aliphatic carbocycles. The number of carbonyl (C=O) groups is 1. The third-order valence-electron chi connectivity index (χ3n) is 3.26. The predicted molar refractivity (Wildman–Crippen MR) is 72.5 cm³/mol. The molecule has 19 heavy (non-hydrogen) atoms. The van der Waals surface area contributed by atoms with Crippen molar-refractivity contribution in [2.24, 2.45) is 0 Å². The number of ether oxygens (including phenoxy) is 1. The summed E-state index contributed by atoms with van der Waals surface area (Å²) in [7, 11) is 0. The van der Waals surface area contributed by atoms with E-state index in [-0.39, 0.29) is 17.4 Å². The Morgan fingerprint density at radius 2 is 2.47 bits per heavy atom. The summed E-state index contributed by atoms with van der Waals surface area (Å²) in [4.78, 5) is 17.3. The van der Waals surface area contributed by atoms with Gasteiger partial charge in [-0.1, -0.05) is 0 Å². The Bertz CT molecular complexity index is 462. The molecule has 1 unspecified atom stereocenters. The van der Waals surface area contributed by atoms with Crippen molar-refractivity contribution in [1.29, 1.82) is 0 Å². The largest absolute Gasteiger partial charge is 0.478 e. The van der Waals surface area contributed by atoms with Crippen molar-refractivity contribution < 1.29 is 14.6 Å². The van der Waals surface area contributed by atoms with Gasteiger partial charge in [-0.3, -0.25) is 0 Å². The first kappa shape index (κ1) is 13.6. The van der Waals surface area contributed by atoms with Gasteiger partial charge in [0.25, 0.3) is 0 Å². The van der Waals surface area contributed by atoms with Gasteiger partial charge in [-0.25, -0.2) is 9.78 Å². The number of hydrogen-bond acceptors (Lipinski definition) is 5. The van der Waals surface area contributed by atoms with Gasteiger partial charge in [-0.2, -0.15) is 0 Å². The van der Waals surface area contributed by atoms with Gasteiger partial charge in [0.05, 0.1) is 23.6 Å². The van der Waals surface area contributed by atoms with Crippen LogP contribution in [-0.4, -0.2) is 41.9 Å². The molecule has 1 saturated heterocycles. The molecule has 0 saturated carbocycles. The van der Waals surface area contributed by atoms with Gasteiger partial charge in [0, 0.05) is 19.7 Å². The lowest BCUT2D eigenvalue weighted by atomic mass is 10.1.